The fraction of sp³-hybridized carbons (Fsp3) is 0.600. The highest BCUT2D eigenvalue weighted by atomic mass is 35.5. The van der Waals surface area contributed by atoms with Crippen LogP contribution in [0.1, 0.15) is 43.9 Å². The standard InChI is InChI=1S/C30H47ClO5Si2/c1-11-27-21(3)28(35-37(5,6)7)29(36-38(8,9)10)30(32-4,34-27)24-15-18-26(31)23(20-24)19-22-13-16-25(17-14-22)33-12-2/h13-18,20-21,27-29H,11-12,19H2,1-10H3/t21-,27-,28+,29-,30?/m1/s1. The Labute approximate surface area is 237 Å². The maximum Gasteiger partial charge on any atom is 0.223 e. The largest absolute Gasteiger partial charge is 0.494 e. The van der Waals surface area contributed by atoms with Gasteiger partial charge in [0.1, 0.15) is 11.9 Å². The van der Waals surface area contributed by atoms with E-state index in [1.807, 2.05) is 31.2 Å². The second kappa shape index (κ2) is 12.5. The van der Waals surface area contributed by atoms with Crippen LogP contribution in [0.15, 0.2) is 42.5 Å². The summed E-state index contributed by atoms with van der Waals surface area (Å²) >= 11 is 6.74. The van der Waals surface area contributed by atoms with Crippen molar-refractivity contribution in [2.45, 2.75) is 97.0 Å². The third-order valence-corrected chi connectivity index (χ3v) is 9.17. The van der Waals surface area contributed by atoms with Gasteiger partial charge in [0.15, 0.2) is 16.6 Å². The first-order valence-corrected chi connectivity index (χ1v) is 21.0. The molecule has 1 aliphatic rings. The van der Waals surface area contributed by atoms with Crippen LogP contribution < -0.4 is 4.74 Å². The van der Waals surface area contributed by atoms with E-state index in [2.05, 4.69) is 71.3 Å². The van der Waals surface area contributed by atoms with Gasteiger partial charge in [0.25, 0.3) is 0 Å². The fourth-order valence-corrected chi connectivity index (χ4v) is 7.58. The van der Waals surface area contributed by atoms with Crippen molar-refractivity contribution in [1.82, 2.24) is 0 Å². The summed E-state index contributed by atoms with van der Waals surface area (Å²) in [7, 11) is -2.21. The molecule has 212 valence electrons. The van der Waals surface area contributed by atoms with Gasteiger partial charge in [-0.05, 0) is 94.4 Å². The van der Waals surface area contributed by atoms with Gasteiger partial charge in [-0.1, -0.05) is 43.6 Å². The van der Waals surface area contributed by atoms with E-state index in [0.717, 1.165) is 28.9 Å². The van der Waals surface area contributed by atoms with Crippen LogP contribution in [-0.4, -0.2) is 48.7 Å². The van der Waals surface area contributed by atoms with Gasteiger partial charge in [0.05, 0.1) is 18.8 Å². The molecular weight excluding hydrogens is 532 g/mol. The van der Waals surface area contributed by atoms with E-state index in [9.17, 15) is 0 Å². The minimum atomic E-state index is -2.02. The zero-order chi connectivity index (χ0) is 28.3. The summed E-state index contributed by atoms with van der Waals surface area (Å²) in [4.78, 5) is 0. The summed E-state index contributed by atoms with van der Waals surface area (Å²) in [6, 6.07) is 14.3. The summed E-state index contributed by atoms with van der Waals surface area (Å²) in [5.74, 6) is -0.0906. The molecule has 5 atom stereocenters. The number of benzene rings is 2. The van der Waals surface area contributed by atoms with Gasteiger partial charge in [-0.2, -0.15) is 0 Å². The molecule has 1 saturated heterocycles. The van der Waals surface area contributed by atoms with Crippen LogP contribution in [0.25, 0.3) is 0 Å². The van der Waals surface area contributed by atoms with Crippen molar-refractivity contribution in [2.75, 3.05) is 13.7 Å². The minimum Gasteiger partial charge on any atom is -0.494 e. The molecule has 1 aliphatic heterocycles. The normalized spacial score (nSPS) is 26.4. The molecule has 0 aliphatic carbocycles. The van der Waals surface area contributed by atoms with E-state index in [4.69, 9.17) is 34.7 Å². The minimum absolute atomic E-state index is 0.0389. The molecule has 38 heavy (non-hydrogen) atoms. The predicted molar refractivity (Wildman–Crippen MR) is 161 cm³/mol. The Morgan fingerprint density at radius 3 is 2.08 bits per heavy atom. The number of halogens is 1. The lowest BCUT2D eigenvalue weighted by Gasteiger charge is -2.54. The molecule has 0 bridgehead atoms. The van der Waals surface area contributed by atoms with Crippen molar-refractivity contribution in [1.29, 1.82) is 0 Å². The van der Waals surface area contributed by atoms with E-state index in [1.165, 1.54) is 0 Å². The SMILES string of the molecule is CCOc1ccc(Cc2cc(C3(OC)O[C@H](CC)[C@@H](C)[C@H](O[Si](C)(C)C)[C@H]3O[Si](C)(C)C)ccc2Cl)cc1. The molecule has 0 radical (unpaired) electrons. The molecule has 8 heteroatoms. The van der Waals surface area contributed by atoms with Gasteiger partial charge >= 0.3 is 0 Å². The van der Waals surface area contributed by atoms with Crippen molar-refractivity contribution < 1.29 is 23.1 Å². The number of rotatable bonds is 11. The van der Waals surface area contributed by atoms with Crippen LogP contribution >= 0.6 is 11.6 Å². The molecule has 1 unspecified atom stereocenters. The number of hydrogen-bond donors (Lipinski definition) is 0. The van der Waals surface area contributed by atoms with Gasteiger partial charge in [0, 0.05) is 23.6 Å². The Kier molecular flexibility index (Phi) is 10.3. The smallest absolute Gasteiger partial charge is 0.223 e. The first kappa shape index (κ1) is 31.3. The third-order valence-electron chi connectivity index (χ3n) is 6.86. The number of ether oxygens (including phenoxy) is 3. The average Bonchev–Trinajstić information content (AvgIpc) is 2.83. The Morgan fingerprint density at radius 1 is 0.921 bits per heavy atom. The maximum atomic E-state index is 6.93. The first-order valence-electron chi connectivity index (χ1n) is 13.8. The van der Waals surface area contributed by atoms with Crippen molar-refractivity contribution in [3.8, 4) is 5.75 Å². The zero-order valence-corrected chi connectivity index (χ0v) is 27.6. The quantitative estimate of drug-likeness (QED) is 0.253. The van der Waals surface area contributed by atoms with E-state index in [1.54, 1.807) is 7.11 Å². The van der Waals surface area contributed by atoms with Crippen LogP contribution in [0.5, 0.6) is 5.75 Å². The second-order valence-electron chi connectivity index (χ2n) is 12.2. The highest BCUT2D eigenvalue weighted by Crippen LogP contribution is 2.47. The van der Waals surface area contributed by atoms with Crippen LogP contribution in [-0.2, 0) is 30.5 Å². The monoisotopic (exact) mass is 578 g/mol. The molecular formula is C30H47ClO5Si2. The summed E-state index contributed by atoms with van der Waals surface area (Å²) < 4.78 is 32.7. The lowest BCUT2D eigenvalue weighted by molar-refractivity contribution is -0.348. The topological polar surface area (TPSA) is 46.2 Å². The average molecular weight is 579 g/mol. The summed E-state index contributed by atoms with van der Waals surface area (Å²) in [6.07, 6.45) is 0.925. The molecule has 0 saturated carbocycles. The summed E-state index contributed by atoms with van der Waals surface area (Å²) in [5.41, 5.74) is 3.07. The molecule has 2 aromatic rings. The van der Waals surface area contributed by atoms with E-state index in [0.29, 0.717) is 18.1 Å². The van der Waals surface area contributed by atoms with Gasteiger partial charge < -0.3 is 23.1 Å². The summed E-state index contributed by atoms with van der Waals surface area (Å²) in [6.45, 7) is 20.3. The Morgan fingerprint density at radius 2 is 1.55 bits per heavy atom. The van der Waals surface area contributed by atoms with E-state index < -0.39 is 28.5 Å². The molecule has 0 aromatic heterocycles. The third kappa shape index (κ3) is 7.50. The lowest BCUT2D eigenvalue weighted by atomic mass is 9.82. The van der Waals surface area contributed by atoms with Crippen LogP contribution in [0.4, 0.5) is 0 Å². The van der Waals surface area contributed by atoms with Gasteiger partial charge in [0.2, 0.25) is 5.79 Å². The lowest BCUT2D eigenvalue weighted by Crippen LogP contribution is -2.65. The molecule has 3 rings (SSSR count). The van der Waals surface area contributed by atoms with Crippen molar-refractivity contribution >= 4 is 28.2 Å². The zero-order valence-electron chi connectivity index (χ0n) is 24.9. The molecule has 1 fully saturated rings. The summed E-state index contributed by atoms with van der Waals surface area (Å²) in [5, 5.41) is 0.711. The molecule has 0 amide bonds. The van der Waals surface area contributed by atoms with Gasteiger partial charge in [-0.25, -0.2) is 0 Å². The Balaban J connectivity index is 2.10. The number of hydrogen-bond acceptors (Lipinski definition) is 5. The van der Waals surface area contributed by atoms with Crippen LogP contribution in [0.2, 0.25) is 44.3 Å². The van der Waals surface area contributed by atoms with Crippen molar-refractivity contribution in [3.05, 3.63) is 64.2 Å². The first-order chi connectivity index (χ1) is 17.7. The van der Waals surface area contributed by atoms with E-state index in [-0.39, 0.29) is 18.1 Å². The molecule has 1 heterocycles. The van der Waals surface area contributed by atoms with E-state index >= 15 is 0 Å². The van der Waals surface area contributed by atoms with Crippen LogP contribution in [0.3, 0.4) is 0 Å². The maximum absolute atomic E-state index is 6.93. The molecule has 5 nitrogen and oxygen atoms in total. The second-order valence-corrected chi connectivity index (χ2v) is 21.5. The Hall–Kier alpha value is -1.20. The molecule has 0 spiro atoms. The predicted octanol–water partition coefficient (Wildman–Crippen LogP) is 8.01. The van der Waals surface area contributed by atoms with Gasteiger partial charge in [-0.15, -0.1) is 0 Å². The van der Waals surface area contributed by atoms with Crippen LogP contribution in [0, 0.1) is 5.92 Å². The van der Waals surface area contributed by atoms with Crippen molar-refractivity contribution in [3.63, 3.8) is 0 Å². The van der Waals surface area contributed by atoms with Gasteiger partial charge in [-0.3, -0.25) is 0 Å². The molecule has 0 N–H and O–H groups in total. The fourth-order valence-electron chi connectivity index (χ4n) is 5.19. The Bertz CT molecular complexity index is 1050. The molecule has 2 aromatic carbocycles. The highest BCUT2D eigenvalue weighted by Gasteiger charge is 2.57. The number of methoxy groups -OCH3 is 1. The highest BCUT2D eigenvalue weighted by molar-refractivity contribution is 6.70. The van der Waals surface area contributed by atoms with Crippen molar-refractivity contribution in [2.24, 2.45) is 5.92 Å².